The summed E-state index contributed by atoms with van der Waals surface area (Å²) in [6.07, 6.45) is 5.49. The zero-order chi connectivity index (χ0) is 7.57. The van der Waals surface area contributed by atoms with Crippen LogP contribution < -0.4 is 10.6 Å². The molecule has 2 fully saturated rings. The fourth-order valence-electron chi connectivity index (χ4n) is 2.33. The lowest BCUT2D eigenvalue weighted by molar-refractivity contribution is 0.142. The molecule has 0 amide bonds. The van der Waals surface area contributed by atoms with Gasteiger partial charge in [-0.3, -0.25) is 0 Å². The Kier molecular flexibility index (Phi) is 2.14. The molecule has 0 aromatic rings. The highest BCUT2D eigenvalue weighted by Gasteiger charge is 2.33. The third-order valence-corrected chi connectivity index (χ3v) is 3.26. The molecule has 2 nitrogen and oxygen atoms in total. The van der Waals surface area contributed by atoms with Gasteiger partial charge in [0.05, 0.1) is 0 Å². The highest BCUT2D eigenvalue weighted by Crippen LogP contribution is 2.37. The summed E-state index contributed by atoms with van der Waals surface area (Å²) >= 11 is 0. The van der Waals surface area contributed by atoms with Crippen molar-refractivity contribution in [2.75, 3.05) is 26.2 Å². The van der Waals surface area contributed by atoms with Crippen molar-refractivity contribution in [2.24, 2.45) is 5.41 Å². The van der Waals surface area contributed by atoms with E-state index < -0.39 is 0 Å². The first-order chi connectivity index (χ1) is 5.41. The topological polar surface area (TPSA) is 26.1 Å². The maximum absolute atomic E-state index is 4.41. The minimum Gasteiger partial charge on any atom is -0.317 e. The van der Waals surface area contributed by atoms with Crippen LogP contribution in [0.1, 0.15) is 25.7 Å². The third-order valence-electron chi connectivity index (χ3n) is 3.26. The molecule has 11 heavy (non-hydrogen) atoms. The van der Waals surface area contributed by atoms with E-state index >= 15 is 0 Å². The first-order valence-corrected chi connectivity index (χ1v) is 4.75. The molecule has 0 saturated carbocycles. The summed E-state index contributed by atoms with van der Waals surface area (Å²) < 4.78 is 0. The van der Waals surface area contributed by atoms with Crippen LogP contribution in [0, 0.1) is 5.41 Å². The van der Waals surface area contributed by atoms with Crippen LogP contribution in [0.4, 0.5) is 0 Å². The van der Waals surface area contributed by atoms with Crippen LogP contribution in [0.3, 0.4) is 0 Å². The lowest BCUT2D eigenvalue weighted by atomic mass is 9.72. The first kappa shape index (κ1) is 7.56. The van der Waals surface area contributed by atoms with Crippen molar-refractivity contribution in [3.05, 3.63) is 0 Å². The molecular formula is C9H17N2. The van der Waals surface area contributed by atoms with E-state index in [0.29, 0.717) is 5.41 Å². The largest absolute Gasteiger partial charge is 0.317 e. The Morgan fingerprint density at radius 3 is 2.18 bits per heavy atom. The zero-order valence-electron chi connectivity index (χ0n) is 7.10. The second-order valence-corrected chi connectivity index (χ2v) is 3.92. The first-order valence-electron chi connectivity index (χ1n) is 4.75. The lowest BCUT2D eigenvalue weighted by Crippen LogP contribution is -2.42. The Morgan fingerprint density at radius 1 is 0.909 bits per heavy atom. The number of piperidine rings is 2. The predicted molar refractivity (Wildman–Crippen MR) is 45.6 cm³/mol. The Labute approximate surface area is 68.7 Å². The molecule has 2 heteroatoms. The van der Waals surface area contributed by atoms with Gasteiger partial charge in [0, 0.05) is 13.1 Å². The van der Waals surface area contributed by atoms with Crippen molar-refractivity contribution < 1.29 is 0 Å². The van der Waals surface area contributed by atoms with Crippen LogP contribution in [0.15, 0.2) is 0 Å². The molecule has 0 aromatic heterocycles. The average molecular weight is 153 g/mol. The summed E-state index contributed by atoms with van der Waals surface area (Å²) in [5.41, 5.74) is 0.701. The summed E-state index contributed by atoms with van der Waals surface area (Å²) in [7, 11) is 0. The van der Waals surface area contributed by atoms with Crippen molar-refractivity contribution in [3.8, 4) is 0 Å². The smallest absolute Gasteiger partial charge is 0.0138 e. The van der Waals surface area contributed by atoms with Gasteiger partial charge in [-0.15, -0.1) is 0 Å². The normalized spacial score (nSPS) is 30.5. The van der Waals surface area contributed by atoms with E-state index in [1.54, 1.807) is 0 Å². The predicted octanol–water partition coefficient (Wildman–Crippen LogP) is 0.754. The molecule has 0 unspecified atom stereocenters. The summed E-state index contributed by atoms with van der Waals surface area (Å²) in [6.45, 7) is 4.72. The summed E-state index contributed by atoms with van der Waals surface area (Å²) in [5.74, 6) is 0. The molecule has 2 saturated heterocycles. The van der Waals surface area contributed by atoms with Crippen LogP contribution in [-0.4, -0.2) is 26.2 Å². The molecule has 0 aliphatic carbocycles. The second-order valence-electron chi connectivity index (χ2n) is 3.92. The number of nitrogens with one attached hydrogen (secondary N) is 1. The second kappa shape index (κ2) is 3.11. The van der Waals surface area contributed by atoms with Crippen molar-refractivity contribution in [3.63, 3.8) is 0 Å². The monoisotopic (exact) mass is 153 g/mol. The molecule has 1 spiro atoms. The lowest BCUT2D eigenvalue weighted by Gasteiger charge is -2.40. The van der Waals surface area contributed by atoms with Gasteiger partial charge in [0.2, 0.25) is 0 Å². The minimum absolute atomic E-state index is 0.701. The summed E-state index contributed by atoms with van der Waals surface area (Å²) in [5, 5.41) is 7.83. The van der Waals surface area contributed by atoms with Crippen LogP contribution in [0.2, 0.25) is 0 Å². The van der Waals surface area contributed by atoms with Gasteiger partial charge in [0.1, 0.15) is 0 Å². The number of nitrogens with zero attached hydrogens (tertiary/aromatic N) is 1. The van der Waals surface area contributed by atoms with Crippen LogP contribution in [0.5, 0.6) is 0 Å². The molecule has 63 valence electrons. The number of hydrogen-bond donors (Lipinski definition) is 1. The fourth-order valence-corrected chi connectivity index (χ4v) is 2.33. The van der Waals surface area contributed by atoms with Gasteiger partial charge >= 0.3 is 0 Å². The molecule has 2 aliphatic heterocycles. The van der Waals surface area contributed by atoms with Crippen LogP contribution >= 0.6 is 0 Å². The van der Waals surface area contributed by atoms with Gasteiger partial charge in [-0.05, 0) is 44.2 Å². The fraction of sp³-hybridized carbons (Fsp3) is 1.00. The Hall–Kier alpha value is -0.0800. The highest BCUT2D eigenvalue weighted by molar-refractivity contribution is 4.88. The van der Waals surface area contributed by atoms with Gasteiger partial charge in [-0.1, -0.05) is 0 Å². The van der Waals surface area contributed by atoms with E-state index in [1.807, 2.05) is 0 Å². The molecule has 0 atom stereocenters. The van der Waals surface area contributed by atoms with E-state index in [1.165, 1.54) is 38.8 Å². The van der Waals surface area contributed by atoms with Crippen LogP contribution in [0.25, 0.3) is 0 Å². The van der Waals surface area contributed by atoms with E-state index in [0.717, 1.165) is 13.1 Å². The molecule has 1 N–H and O–H groups in total. The van der Waals surface area contributed by atoms with Gasteiger partial charge in [0.15, 0.2) is 0 Å². The molecule has 1 radical (unpaired) electrons. The Morgan fingerprint density at radius 2 is 1.55 bits per heavy atom. The maximum Gasteiger partial charge on any atom is 0.0138 e. The number of hydrogen-bond acceptors (Lipinski definition) is 1. The van der Waals surface area contributed by atoms with Crippen molar-refractivity contribution in [1.29, 1.82) is 0 Å². The SMILES string of the molecule is C1CC2(CC[N]1)CCNCC2. The van der Waals surface area contributed by atoms with Crippen LogP contribution in [-0.2, 0) is 0 Å². The van der Waals surface area contributed by atoms with Gasteiger partial charge in [-0.25, -0.2) is 5.32 Å². The minimum atomic E-state index is 0.701. The molecular weight excluding hydrogens is 136 g/mol. The van der Waals surface area contributed by atoms with E-state index in [4.69, 9.17) is 0 Å². The van der Waals surface area contributed by atoms with E-state index in [2.05, 4.69) is 10.6 Å². The highest BCUT2D eigenvalue weighted by atomic mass is 14.9. The van der Waals surface area contributed by atoms with Crippen molar-refractivity contribution >= 4 is 0 Å². The summed E-state index contributed by atoms with van der Waals surface area (Å²) in [6, 6.07) is 0. The zero-order valence-corrected chi connectivity index (χ0v) is 7.10. The third kappa shape index (κ3) is 1.57. The van der Waals surface area contributed by atoms with Gasteiger partial charge in [0.25, 0.3) is 0 Å². The molecule has 2 heterocycles. The van der Waals surface area contributed by atoms with Gasteiger partial charge < -0.3 is 5.32 Å². The molecule has 2 rings (SSSR count). The van der Waals surface area contributed by atoms with E-state index in [-0.39, 0.29) is 0 Å². The quantitative estimate of drug-likeness (QED) is 0.546. The molecule has 0 bridgehead atoms. The Balaban J connectivity index is 1.94. The van der Waals surface area contributed by atoms with Crippen molar-refractivity contribution in [2.45, 2.75) is 25.7 Å². The average Bonchev–Trinajstić information content (AvgIpc) is 2.07. The van der Waals surface area contributed by atoms with Crippen molar-refractivity contribution in [1.82, 2.24) is 10.6 Å². The molecule has 2 aliphatic rings. The standard InChI is InChI=1S/C9H17N2/c1-5-10-6-2-9(1)3-7-11-8-4-9/h10H,1-8H2. The Bertz CT molecular complexity index is 102. The van der Waals surface area contributed by atoms with E-state index in [9.17, 15) is 0 Å². The summed E-state index contributed by atoms with van der Waals surface area (Å²) in [4.78, 5) is 0. The van der Waals surface area contributed by atoms with Gasteiger partial charge in [-0.2, -0.15) is 0 Å². The maximum atomic E-state index is 4.41. The molecule has 0 aromatic carbocycles. The number of rotatable bonds is 0.